The molecule has 5 rings (SSSR count). The Morgan fingerprint density at radius 1 is 1.06 bits per heavy atom. The molecule has 0 aliphatic carbocycles. The van der Waals surface area contributed by atoms with Gasteiger partial charge in [-0.3, -0.25) is 4.79 Å². The second-order valence-electron chi connectivity index (χ2n) is 8.00. The highest BCUT2D eigenvalue weighted by molar-refractivity contribution is 5.95. The summed E-state index contributed by atoms with van der Waals surface area (Å²) in [6.45, 7) is 3.56. The third-order valence-corrected chi connectivity index (χ3v) is 5.99. The Bertz CT molecular complexity index is 1340. The number of fused-ring (bicyclic) bond motifs is 2. The van der Waals surface area contributed by atoms with Crippen molar-refractivity contribution in [1.82, 2.24) is 15.0 Å². The highest BCUT2D eigenvalue weighted by Crippen LogP contribution is 2.33. The molecular weight excluding hydrogens is 402 g/mol. The van der Waals surface area contributed by atoms with Crippen LogP contribution in [-0.4, -0.2) is 34.5 Å². The van der Waals surface area contributed by atoms with Crippen LogP contribution in [0.1, 0.15) is 28.5 Å². The van der Waals surface area contributed by atoms with E-state index >= 15 is 0 Å². The molecule has 2 aromatic heterocycles. The van der Waals surface area contributed by atoms with Crippen LogP contribution in [0.4, 0.5) is 5.82 Å². The number of methoxy groups -OCH3 is 1. The summed E-state index contributed by atoms with van der Waals surface area (Å²) in [7, 11) is 1.61. The van der Waals surface area contributed by atoms with Gasteiger partial charge in [0.1, 0.15) is 12.1 Å². The third kappa shape index (κ3) is 3.51. The first kappa shape index (κ1) is 19.9. The van der Waals surface area contributed by atoms with Crippen molar-refractivity contribution in [3.05, 3.63) is 77.2 Å². The minimum Gasteiger partial charge on any atom is -0.481 e. The van der Waals surface area contributed by atoms with E-state index in [0.717, 1.165) is 51.9 Å². The fourth-order valence-corrected chi connectivity index (χ4v) is 4.31. The Kier molecular flexibility index (Phi) is 4.93. The zero-order chi connectivity index (χ0) is 22.2. The van der Waals surface area contributed by atoms with Gasteiger partial charge in [0.15, 0.2) is 0 Å². The Morgan fingerprint density at radius 2 is 1.94 bits per heavy atom. The van der Waals surface area contributed by atoms with Crippen molar-refractivity contribution in [2.45, 2.75) is 19.9 Å². The van der Waals surface area contributed by atoms with Crippen molar-refractivity contribution in [3.8, 4) is 17.0 Å². The first-order valence-corrected chi connectivity index (χ1v) is 10.5. The summed E-state index contributed by atoms with van der Waals surface area (Å²) in [4.78, 5) is 27.4. The number of aromatic nitrogens is 3. The predicted molar refractivity (Wildman–Crippen MR) is 126 cm³/mol. The van der Waals surface area contributed by atoms with Crippen molar-refractivity contribution < 1.29 is 11.0 Å². The molecule has 1 aliphatic rings. The van der Waals surface area contributed by atoms with E-state index < -0.39 is 5.91 Å². The molecule has 0 bridgehead atoms. The first-order chi connectivity index (χ1) is 15.5. The number of carbonyl (C=O) groups excluding carboxylic acids is 1. The third-order valence-electron chi connectivity index (χ3n) is 5.99. The molecule has 0 unspecified atom stereocenters. The maximum absolute atomic E-state index is 11.6. The zero-order valence-electron chi connectivity index (χ0n) is 18.0. The number of ether oxygens (including phenoxy) is 1. The second kappa shape index (κ2) is 7.92. The molecule has 0 saturated heterocycles. The molecule has 4 aromatic rings. The monoisotopic (exact) mass is 427 g/mol. The maximum atomic E-state index is 11.6. The van der Waals surface area contributed by atoms with Crippen LogP contribution in [0.2, 0.25) is 0 Å². The molecule has 3 heterocycles. The summed E-state index contributed by atoms with van der Waals surface area (Å²) >= 11 is 0. The van der Waals surface area contributed by atoms with Crippen molar-refractivity contribution in [3.63, 3.8) is 0 Å². The van der Waals surface area contributed by atoms with E-state index in [0.29, 0.717) is 18.0 Å². The molecule has 0 atom stereocenters. The van der Waals surface area contributed by atoms with E-state index in [1.807, 2.05) is 30.5 Å². The van der Waals surface area contributed by atoms with Gasteiger partial charge in [0.05, 0.1) is 12.6 Å². The lowest BCUT2D eigenvalue weighted by molar-refractivity contribution is 0.1000. The van der Waals surface area contributed by atoms with Gasteiger partial charge in [0.2, 0.25) is 11.8 Å². The number of carbonyl (C=O) groups is 1. The SMILES string of the molecule is COc1ccc(-c2cc(C)c3ncnc(N4CCc5ccc(C(N)=O)cc5C4)c3c2)cn1.[HH]. The van der Waals surface area contributed by atoms with E-state index in [4.69, 9.17) is 10.5 Å². The molecular formula is C25H25N5O2. The van der Waals surface area contributed by atoms with E-state index in [1.54, 1.807) is 19.5 Å². The number of benzene rings is 2. The van der Waals surface area contributed by atoms with E-state index in [1.165, 1.54) is 5.56 Å². The molecule has 0 saturated carbocycles. The predicted octanol–water partition coefficient (Wildman–Crippen LogP) is 3.92. The molecule has 0 fully saturated rings. The number of hydrogen-bond donors (Lipinski definition) is 1. The van der Waals surface area contributed by atoms with Crippen LogP contribution < -0.4 is 15.4 Å². The van der Waals surface area contributed by atoms with Crippen molar-refractivity contribution in [2.75, 3.05) is 18.6 Å². The molecule has 7 heteroatoms. The number of nitrogens with zero attached hydrogens (tertiary/aromatic N) is 4. The lowest BCUT2D eigenvalue weighted by atomic mass is 9.96. The van der Waals surface area contributed by atoms with Gasteiger partial charge in [-0.05, 0) is 65.9 Å². The van der Waals surface area contributed by atoms with Crippen LogP contribution in [-0.2, 0) is 13.0 Å². The molecule has 2 aromatic carbocycles. The van der Waals surface area contributed by atoms with E-state index in [9.17, 15) is 4.79 Å². The van der Waals surface area contributed by atoms with Crippen LogP contribution in [0, 0.1) is 6.92 Å². The number of hydrogen-bond acceptors (Lipinski definition) is 6. The van der Waals surface area contributed by atoms with Gasteiger partial charge in [-0.25, -0.2) is 15.0 Å². The van der Waals surface area contributed by atoms with Crippen LogP contribution in [0.5, 0.6) is 5.88 Å². The highest BCUT2D eigenvalue weighted by Gasteiger charge is 2.21. The minimum atomic E-state index is -0.411. The lowest BCUT2D eigenvalue weighted by Gasteiger charge is -2.31. The number of anilines is 1. The summed E-state index contributed by atoms with van der Waals surface area (Å²) in [5.74, 6) is 1.06. The Morgan fingerprint density at radius 3 is 2.69 bits per heavy atom. The summed E-state index contributed by atoms with van der Waals surface area (Å²) in [5, 5.41) is 0.993. The van der Waals surface area contributed by atoms with Gasteiger partial charge < -0.3 is 15.4 Å². The van der Waals surface area contributed by atoms with Gasteiger partial charge in [0, 0.05) is 43.3 Å². The molecule has 162 valence electrons. The maximum Gasteiger partial charge on any atom is 0.248 e. The van der Waals surface area contributed by atoms with Crippen LogP contribution in [0.15, 0.2) is 55.0 Å². The van der Waals surface area contributed by atoms with E-state index in [-0.39, 0.29) is 1.43 Å². The molecule has 1 amide bonds. The van der Waals surface area contributed by atoms with Crippen molar-refractivity contribution >= 4 is 22.6 Å². The Hall–Kier alpha value is -4.00. The minimum absolute atomic E-state index is 0. The van der Waals surface area contributed by atoms with Gasteiger partial charge >= 0.3 is 0 Å². The quantitative estimate of drug-likeness (QED) is 0.531. The Labute approximate surface area is 187 Å². The molecule has 0 spiro atoms. The number of pyridine rings is 1. The summed E-state index contributed by atoms with van der Waals surface area (Å²) in [6.07, 6.45) is 4.31. The number of rotatable bonds is 4. The fraction of sp³-hybridized carbons (Fsp3) is 0.200. The topological polar surface area (TPSA) is 94.2 Å². The number of aryl methyl sites for hydroxylation is 1. The van der Waals surface area contributed by atoms with E-state index in [2.05, 4.69) is 38.9 Å². The smallest absolute Gasteiger partial charge is 0.248 e. The normalized spacial score (nSPS) is 13.1. The highest BCUT2D eigenvalue weighted by atomic mass is 16.5. The first-order valence-electron chi connectivity index (χ1n) is 10.5. The van der Waals surface area contributed by atoms with Gasteiger partial charge in [-0.15, -0.1) is 0 Å². The summed E-state index contributed by atoms with van der Waals surface area (Å²) < 4.78 is 5.18. The zero-order valence-corrected chi connectivity index (χ0v) is 18.0. The van der Waals surface area contributed by atoms with Crippen LogP contribution in [0.25, 0.3) is 22.0 Å². The van der Waals surface area contributed by atoms with Gasteiger partial charge in [-0.2, -0.15) is 0 Å². The van der Waals surface area contributed by atoms with Crippen molar-refractivity contribution in [1.29, 1.82) is 0 Å². The number of primary amides is 1. The van der Waals surface area contributed by atoms with Crippen LogP contribution in [0.3, 0.4) is 0 Å². The largest absolute Gasteiger partial charge is 0.481 e. The summed E-state index contributed by atoms with van der Waals surface area (Å²) in [5.41, 5.74) is 12.4. The van der Waals surface area contributed by atoms with Crippen LogP contribution >= 0.6 is 0 Å². The fourth-order valence-electron chi connectivity index (χ4n) is 4.31. The molecule has 7 nitrogen and oxygen atoms in total. The number of amides is 1. The Balaban J connectivity index is 0.00000259. The second-order valence-corrected chi connectivity index (χ2v) is 8.00. The standard InChI is InChI=1S/C25H23N5O2.H2/c1-15-9-19(18-5-6-22(32-2)27-12-18)11-21-23(15)28-14-29-25(21)30-8-7-16-3-4-17(24(26)31)10-20(16)13-30;/h3-6,9-12,14H,7-8,13H2,1-2H3,(H2,26,31);1H. The van der Waals surface area contributed by atoms with Gasteiger partial charge in [-0.1, -0.05) is 6.07 Å². The number of nitrogens with two attached hydrogens (primary N) is 1. The average Bonchev–Trinajstić information content (AvgIpc) is 2.83. The molecule has 2 N–H and O–H groups in total. The lowest BCUT2D eigenvalue weighted by Crippen LogP contribution is -2.31. The van der Waals surface area contributed by atoms with Gasteiger partial charge in [0.25, 0.3) is 0 Å². The van der Waals surface area contributed by atoms with Crippen molar-refractivity contribution in [2.24, 2.45) is 5.73 Å². The molecule has 1 aliphatic heterocycles. The molecule has 32 heavy (non-hydrogen) atoms. The summed E-state index contributed by atoms with van der Waals surface area (Å²) in [6, 6.07) is 13.8. The molecule has 0 radical (unpaired) electrons. The average molecular weight is 428 g/mol.